The minimum Gasteiger partial charge on any atom is -0.456 e. The second-order valence-corrected chi connectivity index (χ2v) is 15.1. The minimum absolute atomic E-state index is 0.494. The topological polar surface area (TPSA) is 9.23 Å². The van der Waals surface area contributed by atoms with E-state index in [9.17, 15) is 0 Å². The molecule has 0 N–H and O–H groups in total. The Labute approximate surface area is 320 Å². The van der Waals surface area contributed by atoms with Gasteiger partial charge in [-0.05, 0) is 84.1 Å². The van der Waals surface area contributed by atoms with Crippen molar-refractivity contribution in [3.63, 3.8) is 0 Å². The predicted molar refractivity (Wildman–Crippen MR) is 224 cm³/mol. The third kappa shape index (κ3) is 3.87. The smallest absolute Gasteiger partial charge is 0.140 e. The lowest BCUT2D eigenvalue weighted by molar-refractivity contribution is 0.436. The van der Waals surface area contributed by atoms with E-state index in [1.54, 1.807) is 0 Å². The zero-order valence-corrected chi connectivity index (χ0v) is 30.0. The fraction of sp³-hybridized carbons (Fsp3) is 0.0370. The molecule has 0 aromatic heterocycles. The van der Waals surface area contributed by atoms with Crippen LogP contribution in [0.15, 0.2) is 206 Å². The molecule has 1 atom stereocenters. The van der Waals surface area contributed by atoms with Gasteiger partial charge in [-0.15, -0.1) is 0 Å². The Bertz CT molecular complexity index is 2970. The van der Waals surface area contributed by atoms with Gasteiger partial charge in [-0.2, -0.15) is 0 Å². The quantitative estimate of drug-likeness (QED) is 0.178. The molecule has 1 heteroatoms. The SMILES string of the molecule is c1ccc(C2(c3ccccc3)c3ccccc3Oc3c(-c4ccc5c(c4)C4(c6ccccc6-5)c5ccccc5-c5cccc6cccc4c56)cccc32)cc1. The summed E-state index contributed by atoms with van der Waals surface area (Å²) in [5.41, 5.74) is 16.4. The summed E-state index contributed by atoms with van der Waals surface area (Å²) in [4.78, 5) is 0. The maximum atomic E-state index is 7.13. The Balaban J connectivity index is 1.17. The van der Waals surface area contributed by atoms with Crippen molar-refractivity contribution in [1.29, 1.82) is 0 Å². The average Bonchev–Trinajstić information content (AvgIpc) is 3.55. The summed E-state index contributed by atoms with van der Waals surface area (Å²) in [5.74, 6) is 1.78. The number of benzene rings is 9. The van der Waals surface area contributed by atoms with Crippen molar-refractivity contribution in [1.82, 2.24) is 0 Å². The number of ether oxygens (including phenoxy) is 1. The first-order valence-electron chi connectivity index (χ1n) is 19.2. The standard InChI is InChI=1S/C54H34O/c1-3-18-37(19-4-1)53(38-20-5-2-6-21-38)46-28-11-12-31-50(46)55-52-39(24-15-30-48(52)53)36-32-33-42-40-22-7-9-26-44(40)54(49(42)34-36)45-27-10-8-23-41(45)43-25-13-16-35-17-14-29-47(54)51(35)43/h1-34H. The first kappa shape index (κ1) is 30.5. The number of rotatable bonds is 3. The Hall–Kier alpha value is -6.96. The van der Waals surface area contributed by atoms with Crippen molar-refractivity contribution in [2.45, 2.75) is 10.8 Å². The Morgan fingerprint density at radius 2 is 0.818 bits per heavy atom. The number of fused-ring (bicyclic) bond motifs is 11. The molecule has 9 aromatic rings. The van der Waals surface area contributed by atoms with Gasteiger partial charge in [0.1, 0.15) is 11.5 Å². The van der Waals surface area contributed by atoms with Gasteiger partial charge >= 0.3 is 0 Å². The Morgan fingerprint density at radius 3 is 1.55 bits per heavy atom. The molecule has 0 saturated heterocycles. The lowest BCUT2D eigenvalue weighted by Crippen LogP contribution is -2.34. The van der Waals surface area contributed by atoms with Crippen molar-refractivity contribution in [3.8, 4) is 44.9 Å². The third-order valence-corrected chi connectivity index (χ3v) is 12.6. The molecular weight excluding hydrogens is 665 g/mol. The molecule has 1 spiro atoms. The predicted octanol–water partition coefficient (Wildman–Crippen LogP) is 13.3. The molecule has 2 aliphatic carbocycles. The summed E-state index contributed by atoms with van der Waals surface area (Å²) in [6, 6.07) is 76.1. The van der Waals surface area contributed by atoms with E-state index in [4.69, 9.17) is 4.74 Å². The average molecular weight is 699 g/mol. The van der Waals surface area contributed by atoms with Gasteiger partial charge in [0.15, 0.2) is 0 Å². The Morgan fingerprint density at radius 1 is 0.309 bits per heavy atom. The van der Waals surface area contributed by atoms with E-state index in [1.807, 2.05) is 0 Å². The van der Waals surface area contributed by atoms with Gasteiger partial charge in [-0.1, -0.05) is 194 Å². The maximum absolute atomic E-state index is 7.13. The molecule has 1 aliphatic heterocycles. The van der Waals surface area contributed by atoms with E-state index in [0.29, 0.717) is 0 Å². The van der Waals surface area contributed by atoms with E-state index in [2.05, 4.69) is 206 Å². The lowest BCUT2D eigenvalue weighted by atomic mass is 9.61. The van der Waals surface area contributed by atoms with Crippen LogP contribution in [-0.2, 0) is 10.8 Å². The van der Waals surface area contributed by atoms with Crippen LogP contribution in [0.5, 0.6) is 11.5 Å². The van der Waals surface area contributed by atoms with Gasteiger partial charge in [0, 0.05) is 16.7 Å². The molecule has 12 rings (SSSR count). The molecule has 0 radical (unpaired) electrons. The highest BCUT2D eigenvalue weighted by Crippen LogP contribution is 2.63. The van der Waals surface area contributed by atoms with Crippen molar-refractivity contribution < 1.29 is 4.74 Å². The zero-order chi connectivity index (χ0) is 36.1. The first-order chi connectivity index (χ1) is 27.3. The molecule has 3 aliphatic rings. The van der Waals surface area contributed by atoms with Crippen LogP contribution in [0, 0.1) is 0 Å². The molecular formula is C54H34O. The van der Waals surface area contributed by atoms with Crippen LogP contribution in [0.2, 0.25) is 0 Å². The summed E-state index contributed by atoms with van der Waals surface area (Å²) in [6.07, 6.45) is 0. The van der Waals surface area contributed by atoms with Gasteiger partial charge in [-0.3, -0.25) is 0 Å². The van der Waals surface area contributed by atoms with Gasteiger partial charge in [-0.25, -0.2) is 0 Å². The summed E-state index contributed by atoms with van der Waals surface area (Å²) in [6.45, 7) is 0. The largest absolute Gasteiger partial charge is 0.456 e. The second kappa shape index (κ2) is 11.3. The number of hydrogen-bond donors (Lipinski definition) is 0. The third-order valence-electron chi connectivity index (χ3n) is 12.6. The molecule has 256 valence electrons. The Kier molecular flexibility index (Phi) is 6.25. The molecule has 55 heavy (non-hydrogen) atoms. The van der Waals surface area contributed by atoms with E-state index >= 15 is 0 Å². The molecule has 1 unspecified atom stereocenters. The fourth-order valence-corrected chi connectivity index (χ4v) is 10.6. The van der Waals surface area contributed by atoms with Crippen LogP contribution in [0.1, 0.15) is 44.5 Å². The summed E-state index contributed by atoms with van der Waals surface area (Å²) in [5, 5.41) is 2.61. The van der Waals surface area contributed by atoms with Crippen LogP contribution < -0.4 is 4.74 Å². The number of hydrogen-bond acceptors (Lipinski definition) is 1. The van der Waals surface area contributed by atoms with Gasteiger partial charge in [0.2, 0.25) is 0 Å². The molecule has 1 heterocycles. The minimum atomic E-state index is -0.585. The lowest BCUT2D eigenvalue weighted by Gasteiger charge is -2.42. The molecule has 1 nitrogen and oxygen atoms in total. The first-order valence-corrected chi connectivity index (χ1v) is 19.2. The van der Waals surface area contributed by atoms with Crippen molar-refractivity contribution in [2.24, 2.45) is 0 Å². The monoisotopic (exact) mass is 698 g/mol. The van der Waals surface area contributed by atoms with E-state index in [0.717, 1.165) is 33.8 Å². The molecule has 0 saturated carbocycles. The van der Waals surface area contributed by atoms with E-state index < -0.39 is 10.8 Å². The summed E-state index contributed by atoms with van der Waals surface area (Å²) >= 11 is 0. The highest BCUT2D eigenvalue weighted by molar-refractivity contribution is 6.07. The molecule has 0 fully saturated rings. The summed E-state index contributed by atoms with van der Waals surface area (Å²) < 4.78 is 7.13. The highest BCUT2D eigenvalue weighted by atomic mass is 16.5. The molecule has 9 aromatic carbocycles. The van der Waals surface area contributed by atoms with E-state index in [-0.39, 0.29) is 0 Å². The van der Waals surface area contributed by atoms with Crippen LogP contribution in [0.4, 0.5) is 0 Å². The normalized spacial score (nSPS) is 16.4. The van der Waals surface area contributed by atoms with Crippen LogP contribution in [0.3, 0.4) is 0 Å². The molecule has 0 bridgehead atoms. The molecule has 0 amide bonds. The number of para-hydroxylation sites is 2. The van der Waals surface area contributed by atoms with Gasteiger partial charge < -0.3 is 4.74 Å². The van der Waals surface area contributed by atoms with E-state index in [1.165, 1.54) is 66.4 Å². The van der Waals surface area contributed by atoms with Gasteiger partial charge in [0.05, 0.1) is 10.8 Å². The summed E-state index contributed by atoms with van der Waals surface area (Å²) in [7, 11) is 0. The zero-order valence-electron chi connectivity index (χ0n) is 30.0. The maximum Gasteiger partial charge on any atom is 0.140 e. The van der Waals surface area contributed by atoms with Crippen LogP contribution in [-0.4, -0.2) is 0 Å². The highest BCUT2D eigenvalue weighted by Gasteiger charge is 2.51. The van der Waals surface area contributed by atoms with Crippen LogP contribution in [0.25, 0.3) is 44.2 Å². The second-order valence-electron chi connectivity index (χ2n) is 15.1. The van der Waals surface area contributed by atoms with Crippen molar-refractivity contribution in [2.75, 3.05) is 0 Å². The van der Waals surface area contributed by atoms with Crippen LogP contribution >= 0.6 is 0 Å². The fourth-order valence-electron chi connectivity index (χ4n) is 10.6. The van der Waals surface area contributed by atoms with Gasteiger partial charge in [0.25, 0.3) is 0 Å². The van der Waals surface area contributed by atoms with Crippen molar-refractivity contribution >= 4 is 10.8 Å². The van der Waals surface area contributed by atoms with Crippen molar-refractivity contribution in [3.05, 3.63) is 251 Å².